The summed E-state index contributed by atoms with van der Waals surface area (Å²) in [5.41, 5.74) is 0. The molecule has 2 heterocycles. The number of hydrogen-bond acceptors (Lipinski definition) is 7. The van der Waals surface area contributed by atoms with E-state index in [1.54, 1.807) is 23.6 Å². The first-order valence-corrected chi connectivity index (χ1v) is 8.61. The fraction of sp³-hybridized carbons (Fsp3) is 0.250. The maximum Gasteiger partial charge on any atom is 0.240 e. The third-order valence-corrected chi connectivity index (χ3v) is 5.29. The van der Waals surface area contributed by atoms with Gasteiger partial charge < -0.3 is 4.74 Å². The van der Waals surface area contributed by atoms with Gasteiger partial charge >= 0.3 is 0 Å². The van der Waals surface area contributed by atoms with Gasteiger partial charge in [-0.2, -0.15) is 9.61 Å². The Morgan fingerprint density at radius 3 is 2.64 bits per heavy atom. The van der Waals surface area contributed by atoms with E-state index in [0.717, 1.165) is 0 Å². The summed E-state index contributed by atoms with van der Waals surface area (Å²) in [4.78, 5) is 0.809. The Morgan fingerprint density at radius 1 is 1.27 bits per heavy atom. The molecule has 0 aliphatic heterocycles. The molecule has 0 atom stereocenters. The van der Waals surface area contributed by atoms with Gasteiger partial charge in [0.1, 0.15) is 10.8 Å². The summed E-state index contributed by atoms with van der Waals surface area (Å²) in [5, 5.41) is 12.7. The summed E-state index contributed by atoms with van der Waals surface area (Å²) < 4.78 is 33.5. The first-order chi connectivity index (χ1) is 10.5. The average molecular weight is 339 g/mol. The van der Waals surface area contributed by atoms with Gasteiger partial charge in [-0.05, 0) is 31.2 Å². The SMILES string of the molecule is COc1ccc(S(=O)(=O)NCc2nn3c(C)nnc3s2)cc1. The molecule has 0 amide bonds. The molecular formula is C12H13N5O3S2. The van der Waals surface area contributed by atoms with Crippen LogP contribution in [0.25, 0.3) is 4.96 Å². The second-order valence-corrected chi connectivity index (χ2v) is 7.24. The van der Waals surface area contributed by atoms with Gasteiger partial charge in [0, 0.05) is 0 Å². The summed E-state index contributed by atoms with van der Waals surface area (Å²) in [6, 6.07) is 6.18. The third kappa shape index (κ3) is 2.80. The molecule has 8 nitrogen and oxygen atoms in total. The lowest BCUT2D eigenvalue weighted by Gasteiger charge is -2.06. The maximum atomic E-state index is 12.2. The minimum atomic E-state index is -3.60. The van der Waals surface area contributed by atoms with Crippen molar-refractivity contribution < 1.29 is 13.2 Å². The van der Waals surface area contributed by atoms with E-state index < -0.39 is 10.0 Å². The van der Waals surface area contributed by atoms with Gasteiger partial charge in [0.2, 0.25) is 15.0 Å². The van der Waals surface area contributed by atoms with Crippen molar-refractivity contribution in [3.8, 4) is 5.75 Å². The first-order valence-electron chi connectivity index (χ1n) is 6.31. The standard InChI is InChI=1S/C12H13N5O3S2/c1-8-14-15-12-17(8)16-11(21-12)7-13-22(18,19)10-5-3-9(20-2)4-6-10/h3-6,13H,7H2,1-2H3. The quantitative estimate of drug-likeness (QED) is 0.744. The molecule has 3 aromatic rings. The number of aromatic nitrogens is 4. The predicted molar refractivity (Wildman–Crippen MR) is 80.4 cm³/mol. The molecule has 10 heteroatoms. The molecule has 0 radical (unpaired) electrons. The van der Waals surface area contributed by atoms with Crippen LogP contribution in [0.3, 0.4) is 0 Å². The van der Waals surface area contributed by atoms with E-state index in [0.29, 0.717) is 21.5 Å². The van der Waals surface area contributed by atoms with Crippen molar-refractivity contribution in [1.29, 1.82) is 0 Å². The summed E-state index contributed by atoms with van der Waals surface area (Å²) in [6.07, 6.45) is 0. The highest BCUT2D eigenvalue weighted by molar-refractivity contribution is 7.89. The van der Waals surface area contributed by atoms with Gasteiger partial charge in [0.15, 0.2) is 5.82 Å². The molecule has 1 aromatic carbocycles. The van der Waals surface area contributed by atoms with E-state index >= 15 is 0 Å². The molecule has 0 saturated carbocycles. The van der Waals surface area contributed by atoms with Crippen molar-refractivity contribution >= 4 is 26.3 Å². The zero-order chi connectivity index (χ0) is 15.7. The molecular weight excluding hydrogens is 326 g/mol. The molecule has 0 aliphatic rings. The van der Waals surface area contributed by atoms with E-state index in [9.17, 15) is 8.42 Å². The van der Waals surface area contributed by atoms with Crippen LogP contribution in [-0.2, 0) is 16.6 Å². The number of fused-ring (bicyclic) bond motifs is 1. The molecule has 0 unspecified atom stereocenters. The number of sulfonamides is 1. The van der Waals surface area contributed by atoms with E-state index in [1.807, 2.05) is 0 Å². The van der Waals surface area contributed by atoms with Crippen molar-refractivity contribution in [3.63, 3.8) is 0 Å². The molecule has 0 saturated heterocycles. The molecule has 0 bridgehead atoms. The van der Waals surface area contributed by atoms with Crippen LogP contribution >= 0.6 is 11.3 Å². The minimum absolute atomic E-state index is 0.0990. The van der Waals surface area contributed by atoms with Crippen LogP contribution in [-0.4, -0.2) is 35.3 Å². The molecule has 116 valence electrons. The number of hydrogen-bond donors (Lipinski definition) is 1. The zero-order valence-corrected chi connectivity index (χ0v) is 13.5. The summed E-state index contributed by atoms with van der Waals surface area (Å²) >= 11 is 1.29. The smallest absolute Gasteiger partial charge is 0.240 e. The topological polar surface area (TPSA) is 98.5 Å². The highest BCUT2D eigenvalue weighted by Crippen LogP contribution is 2.17. The second-order valence-electron chi connectivity index (χ2n) is 4.44. The summed E-state index contributed by atoms with van der Waals surface area (Å²) in [6.45, 7) is 1.88. The Hall–Kier alpha value is -2.04. The summed E-state index contributed by atoms with van der Waals surface area (Å²) in [7, 11) is -2.07. The van der Waals surface area contributed by atoms with E-state index in [-0.39, 0.29) is 11.4 Å². The van der Waals surface area contributed by atoms with E-state index in [1.165, 1.54) is 30.6 Å². The van der Waals surface area contributed by atoms with Crippen LogP contribution in [0.5, 0.6) is 5.75 Å². The Labute approximate surface area is 130 Å². The Kier molecular flexibility index (Phi) is 3.81. The highest BCUT2D eigenvalue weighted by atomic mass is 32.2. The van der Waals surface area contributed by atoms with Crippen LogP contribution in [0.4, 0.5) is 0 Å². The largest absolute Gasteiger partial charge is 0.497 e. The monoisotopic (exact) mass is 339 g/mol. The van der Waals surface area contributed by atoms with Gasteiger partial charge in [0.05, 0.1) is 18.6 Å². The highest BCUT2D eigenvalue weighted by Gasteiger charge is 2.16. The van der Waals surface area contributed by atoms with Crippen molar-refractivity contribution in [2.75, 3.05) is 7.11 Å². The third-order valence-electron chi connectivity index (χ3n) is 2.97. The number of ether oxygens (including phenoxy) is 1. The molecule has 0 fully saturated rings. The number of nitrogens with zero attached hydrogens (tertiary/aromatic N) is 4. The first kappa shape index (κ1) is 14.9. The zero-order valence-electron chi connectivity index (χ0n) is 11.8. The van der Waals surface area contributed by atoms with Gasteiger partial charge in [-0.3, -0.25) is 0 Å². The fourth-order valence-electron chi connectivity index (χ4n) is 1.82. The van der Waals surface area contributed by atoms with Crippen molar-refractivity contribution in [1.82, 2.24) is 24.5 Å². The normalized spacial score (nSPS) is 11.9. The van der Waals surface area contributed by atoms with Gasteiger partial charge in [-0.25, -0.2) is 13.1 Å². The van der Waals surface area contributed by atoms with Gasteiger partial charge in [-0.15, -0.1) is 10.2 Å². The molecule has 0 spiro atoms. The number of aryl methyl sites for hydroxylation is 1. The van der Waals surface area contributed by atoms with Gasteiger partial charge in [-0.1, -0.05) is 11.3 Å². The Bertz CT molecular complexity index is 899. The molecule has 2 aromatic heterocycles. The number of nitrogens with one attached hydrogen (secondary N) is 1. The van der Waals surface area contributed by atoms with E-state index in [2.05, 4.69) is 20.0 Å². The number of benzene rings is 1. The summed E-state index contributed by atoms with van der Waals surface area (Å²) in [5.74, 6) is 1.26. The van der Waals surface area contributed by atoms with Crippen LogP contribution in [0.15, 0.2) is 29.2 Å². The number of rotatable bonds is 5. The van der Waals surface area contributed by atoms with Crippen molar-refractivity contribution in [3.05, 3.63) is 35.1 Å². The fourth-order valence-corrected chi connectivity index (χ4v) is 3.72. The molecule has 0 aliphatic carbocycles. The average Bonchev–Trinajstić information content (AvgIpc) is 3.07. The lowest BCUT2D eigenvalue weighted by molar-refractivity contribution is 0.414. The van der Waals surface area contributed by atoms with Crippen molar-refractivity contribution in [2.24, 2.45) is 0 Å². The van der Waals surface area contributed by atoms with Crippen LogP contribution in [0.1, 0.15) is 10.8 Å². The Morgan fingerprint density at radius 2 is 2.00 bits per heavy atom. The Balaban J connectivity index is 1.75. The second kappa shape index (κ2) is 5.63. The van der Waals surface area contributed by atoms with Crippen LogP contribution in [0.2, 0.25) is 0 Å². The lowest BCUT2D eigenvalue weighted by atomic mass is 10.3. The minimum Gasteiger partial charge on any atom is -0.497 e. The lowest BCUT2D eigenvalue weighted by Crippen LogP contribution is -2.23. The molecule has 3 rings (SSSR count). The molecule has 22 heavy (non-hydrogen) atoms. The van der Waals surface area contributed by atoms with Crippen molar-refractivity contribution in [2.45, 2.75) is 18.4 Å². The van der Waals surface area contributed by atoms with Crippen LogP contribution < -0.4 is 9.46 Å². The number of methoxy groups -OCH3 is 1. The predicted octanol–water partition coefficient (Wildman–Crippen LogP) is 0.981. The van der Waals surface area contributed by atoms with E-state index in [4.69, 9.17) is 4.74 Å². The van der Waals surface area contributed by atoms with Gasteiger partial charge in [0.25, 0.3) is 0 Å². The maximum absolute atomic E-state index is 12.2. The van der Waals surface area contributed by atoms with Crippen LogP contribution in [0, 0.1) is 6.92 Å². The molecule has 1 N–H and O–H groups in total.